The predicted molar refractivity (Wildman–Crippen MR) is 59.8 cm³/mol. The fourth-order valence-electron chi connectivity index (χ4n) is 1.46. The van der Waals surface area contributed by atoms with Crippen molar-refractivity contribution in [3.8, 4) is 11.5 Å². The molecule has 0 bridgehead atoms. The second-order valence-corrected chi connectivity index (χ2v) is 4.68. The highest BCUT2D eigenvalue weighted by Gasteiger charge is 2.20. The standard InChI is InChI=1S/C10H12N4OS/c1-2-7(1)3-11-4-9-13-10(14-15-9)8-5-16-6-12-8/h5-7,11H,1-4H2. The van der Waals surface area contributed by atoms with Crippen LogP contribution < -0.4 is 5.32 Å². The second kappa shape index (κ2) is 4.31. The highest BCUT2D eigenvalue weighted by atomic mass is 32.1. The van der Waals surface area contributed by atoms with Crippen LogP contribution in [0.25, 0.3) is 11.5 Å². The molecule has 5 nitrogen and oxygen atoms in total. The van der Waals surface area contributed by atoms with Gasteiger partial charge in [0, 0.05) is 5.38 Å². The van der Waals surface area contributed by atoms with Crippen molar-refractivity contribution < 1.29 is 4.52 Å². The van der Waals surface area contributed by atoms with Crippen LogP contribution in [-0.4, -0.2) is 21.7 Å². The van der Waals surface area contributed by atoms with Crippen molar-refractivity contribution in [1.29, 1.82) is 0 Å². The van der Waals surface area contributed by atoms with E-state index in [2.05, 4.69) is 20.4 Å². The van der Waals surface area contributed by atoms with Gasteiger partial charge in [0.2, 0.25) is 11.7 Å². The highest BCUT2D eigenvalue weighted by molar-refractivity contribution is 7.07. The summed E-state index contributed by atoms with van der Waals surface area (Å²) in [7, 11) is 0. The van der Waals surface area contributed by atoms with Gasteiger partial charge in [-0.3, -0.25) is 0 Å². The Morgan fingerprint density at radius 1 is 1.50 bits per heavy atom. The molecule has 1 aliphatic carbocycles. The number of hydrogen-bond donors (Lipinski definition) is 1. The van der Waals surface area contributed by atoms with Crippen LogP contribution >= 0.6 is 11.3 Å². The van der Waals surface area contributed by atoms with Crippen LogP contribution in [0.2, 0.25) is 0 Å². The third-order valence-corrected chi connectivity index (χ3v) is 3.12. The Morgan fingerprint density at radius 2 is 2.44 bits per heavy atom. The van der Waals surface area contributed by atoms with Crippen molar-refractivity contribution in [3.05, 3.63) is 16.8 Å². The van der Waals surface area contributed by atoms with Crippen LogP contribution in [-0.2, 0) is 6.54 Å². The second-order valence-electron chi connectivity index (χ2n) is 3.96. The molecular formula is C10H12N4OS. The van der Waals surface area contributed by atoms with Gasteiger partial charge in [0.1, 0.15) is 5.69 Å². The zero-order valence-electron chi connectivity index (χ0n) is 8.72. The van der Waals surface area contributed by atoms with E-state index in [0.717, 1.165) is 18.2 Å². The Labute approximate surface area is 96.9 Å². The molecule has 0 unspecified atom stereocenters. The lowest BCUT2D eigenvalue weighted by molar-refractivity contribution is 0.367. The first-order valence-electron chi connectivity index (χ1n) is 5.33. The lowest BCUT2D eigenvalue weighted by Crippen LogP contribution is -2.16. The van der Waals surface area contributed by atoms with E-state index in [-0.39, 0.29) is 0 Å². The van der Waals surface area contributed by atoms with Gasteiger partial charge in [-0.15, -0.1) is 11.3 Å². The summed E-state index contributed by atoms with van der Waals surface area (Å²) in [5.41, 5.74) is 2.54. The van der Waals surface area contributed by atoms with Crippen LogP contribution in [0.15, 0.2) is 15.4 Å². The first-order valence-corrected chi connectivity index (χ1v) is 6.28. The van der Waals surface area contributed by atoms with Gasteiger partial charge in [-0.2, -0.15) is 4.98 Å². The molecule has 0 aromatic carbocycles. The van der Waals surface area contributed by atoms with Gasteiger partial charge in [0.15, 0.2) is 0 Å². The molecule has 2 aromatic heterocycles. The fraction of sp³-hybridized carbons (Fsp3) is 0.500. The lowest BCUT2D eigenvalue weighted by atomic mass is 10.4. The molecule has 0 atom stereocenters. The first-order chi connectivity index (χ1) is 7.92. The monoisotopic (exact) mass is 236 g/mol. The largest absolute Gasteiger partial charge is 0.337 e. The van der Waals surface area contributed by atoms with E-state index in [4.69, 9.17) is 4.52 Å². The van der Waals surface area contributed by atoms with Crippen molar-refractivity contribution in [2.75, 3.05) is 6.54 Å². The van der Waals surface area contributed by atoms with E-state index in [1.165, 1.54) is 24.2 Å². The Balaban J connectivity index is 1.59. The van der Waals surface area contributed by atoms with Crippen molar-refractivity contribution in [1.82, 2.24) is 20.4 Å². The molecule has 0 aliphatic heterocycles. The van der Waals surface area contributed by atoms with Gasteiger partial charge in [-0.1, -0.05) is 5.16 Å². The van der Waals surface area contributed by atoms with Crippen LogP contribution in [0, 0.1) is 5.92 Å². The van der Waals surface area contributed by atoms with Crippen LogP contribution in [0.1, 0.15) is 18.7 Å². The molecular weight excluding hydrogens is 224 g/mol. The van der Waals surface area contributed by atoms with Gasteiger partial charge in [-0.05, 0) is 25.3 Å². The summed E-state index contributed by atoms with van der Waals surface area (Å²) in [4.78, 5) is 8.41. The average Bonchev–Trinajstić information content (AvgIpc) is 2.83. The number of thiazole rings is 1. The Hall–Kier alpha value is -1.27. The third-order valence-electron chi connectivity index (χ3n) is 2.54. The minimum atomic E-state index is 0.574. The minimum absolute atomic E-state index is 0.574. The van der Waals surface area contributed by atoms with Crippen molar-refractivity contribution in [2.45, 2.75) is 19.4 Å². The summed E-state index contributed by atoms with van der Waals surface area (Å²) in [6.45, 7) is 1.70. The summed E-state index contributed by atoms with van der Waals surface area (Å²) in [5.74, 6) is 2.06. The summed E-state index contributed by atoms with van der Waals surface area (Å²) < 4.78 is 5.13. The first kappa shape index (κ1) is 9.92. The van der Waals surface area contributed by atoms with E-state index in [9.17, 15) is 0 Å². The van der Waals surface area contributed by atoms with E-state index in [0.29, 0.717) is 18.3 Å². The minimum Gasteiger partial charge on any atom is -0.337 e. The molecule has 3 rings (SSSR count). The van der Waals surface area contributed by atoms with E-state index in [1.54, 1.807) is 5.51 Å². The quantitative estimate of drug-likeness (QED) is 0.856. The van der Waals surface area contributed by atoms with Gasteiger partial charge >= 0.3 is 0 Å². The number of hydrogen-bond acceptors (Lipinski definition) is 6. The van der Waals surface area contributed by atoms with Crippen LogP contribution in [0.4, 0.5) is 0 Å². The molecule has 84 valence electrons. The van der Waals surface area contributed by atoms with Gasteiger partial charge in [0.05, 0.1) is 12.1 Å². The third kappa shape index (κ3) is 2.28. The van der Waals surface area contributed by atoms with Crippen LogP contribution in [0.3, 0.4) is 0 Å². The Bertz CT molecular complexity index is 449. The normalized spacial score (nSPS) is 15.5. The van der Waals surface area contributed by atoms with E-state index < -0.39 is 0 Å². The Morgan fingerprint density at radius 3 is 3.19 bits per heavy atom. The van der Waals surface area contributed by atoms with Crippen molar-refractivity contribution >= 4 is 11.3 Å². The highest BCUT2D eigenvalue weighted by Crippen LogP contribution is 2.27. The molecule has 1 saturated carbocycles. The molecule has 2 heterocycles. The van der Waals surface area contributed by atoms with Crippen LogP contribution in [0.5, 0.6) is 0 Å². The molecule has 16 heavy (non-hydrogen) atoms. The summed E-state index contributed by atoms with van der Waals surface area (Å²) in [6.07, 6.45) is 2.70. The average molecular weight is 236 g/mol. The lowest BCUT2D eigenvalue weighted by Gasteiger charge is -1.96. The molecule has 1 aliphatic rings. The Kier molecular flexibility index (Phi) is 2.67. The van der Waals surface area contributed by atoms with Crippen molar-refractivity contribution in [2.24, 2.45) is 5.92 Å². The smallest absolute Gasteiger partial charge is 0.240 e. The maximum absolute atomic E-state index is 5.13. The topological polar surface area (TPSA) is 63.8 Å². The number of aromatic nitrogens is 3. The zero-order chi connectivity index (χ0) is 10.8. The molecule has 6 heteroatoms. The molecule has 1 fully saturated rings. The summed E-state index contributed by atoms with van der Waals surface area (Å²) in [5, 5.41) is 9.11. The SMILES string of the molecule is c1nc(-c2noc(CNCC3CC3)n2)cs1. The fourth-order valence-corrected chi connectivity index (χ4v) is 1.99. The predicted octanol–water partition coefficient (Wildman–Crippen LogP) is 1.69. The molecule has 1 N–H and O–H groups in total. The molecule has 0 spiro atoms. The van der Waals surface area contributed by atoms with Gasteiger partial charge in [-0.25, -0.2) is 4.98 Å². The van der Waals surface area contributed by atoms with Gasteiger partial charge in [0.25, 0.3) is 0 Å². The maximum atomic E-state index is 5.13. The molecule has 0 saturated heterocycles. The molecule has 0 amide bonds. The summed E-state index contributed by atoms with van der Waals surface area (Å²) >= 11 is 1.53. The molecule has 2 aromatic rings. The molecule has 0 radical (unpaired) electrons. The summed E-state index contributed by atoms with van der Waals surface area (Å²) in [6, 6.07) is 0. The van der Waals surface area contributed by atoms with E-state index in [1.807, 2.05) is 5.38 Å². The zero-order valence-corrected chi connectivity index (χ0v) is 9.54. The number of rotatable bonds is 5. The number of nitrogens with zero attached hydrogens (tertiary/aromatic N) is 3. The van der Waals surface area contributed by atoms with E-state index >= 15 is 0 Å². The number of nitrogens with one attached hydrogen (secondary N) is 1. The van der Waals surface area contributed by atoms with Gasteiger partial charge < -0.3 is 9.84 Å². The maximum Gasteiger partial charge on any atom is 0.240 e. The van der Waals surface area contributed by atoms with Crippen molar-refractivity contribution in [3.63, 3.8) is 0 Å².